The Balaban J connectivity index is 1.96. The summed E-state index contributed by atoms with van der Waals surface area (Å²) in [6, 6.07) is 7.79. The number of ether oxygens (including phenoxy) is 1. The van der Waals surface area contributed by atoms with E-state index < -0.39 is 10.0 Å². The highest BCUT2D eigenvalue weighted by molar-refractivity contribution is 7.89. The molecule has 0 aliphatic rings. The quantitative estimate of drug-likeness (QED) is 0.701. The molecule has 1 aromatic carbocycles. The van der Waals surface area contributed by atoms with Gasteiger partial charge in [-0.25, -0.2) is 13.1 Å². The van der Waals surface area contributed by atoms with E-state index in [4.69, 9.17) is 15.0 Å². The fraction of sp³-hybridized carbons (Fsp3) is 0.308. The van der Waals surface area contributed by atoms with Crippen molar-refractivity contribution in [2.45, 2.75) is 17.9 Å². The summed E-state index contributed by atoms with van der Waals surface area (Å²) in [5.74, 6) is 1.05. The molecule has 114 valence electrons. The van der Waals surface area contributed by atoms with Crippen LogP contribution in [-0.2, 0) is 16.6 Å². The van der Waals surface area contributed by atoms with Crippen LogP contribution in [0.5, 0.6) is 5.75 Å². The summed E-state index contributed by atoms with van der Waals surface area (Å²) in [5.41, 5.74) is 5.37. The van der Waals surface area contributed by atoms with Gasteiger partial charge in [0.15, 0.2) is 5.76 Å². The van der Waals surface area contributed by atoms with E-state index in [9.17, 15) is 8.42 Å². The van der Waals surface area contributed by atoms with E-state index in [-0.39, 0.29) is 11.4 Å². The summed E-state index contributed by atoms with van der Waals surface area (Å²) in [6.07, 6.45) is 2.20. The van der Waals surface area contributed by atoms with Crippen molar-refractivity contribution in [1.82, 2.24) is 9.88 Å². The van der Waals surface area contributed by atoms with Crippen molar-refractivity contribution < 1.29 is 17.7 Å². The molecule has 2 aromatic rings. The van der Waals surface area contributed by atoms with Gasteiger partial charge in [0, 0.05) is 6.07 Å². The normalized spacial score (nSPS) is 11.5. The van der Waals surface area contributed by atoms with Crippen LogP contribution in [0.25, 0.3) is 0 Å². The van der Waals surface area contributed by atoms with Crippen molar-refractivity contribution in [2.24, 2.45) is 5.73 Å². The minimum absolute atomic E-state index is 0.0527. The fourth-order valence-electron chi connectivity index (χ4n) is 1.57. The van der Waals surface area contributed by atoms with Crippen molar-refractivity contribution in [3.8, 4) is 5.75 Å². The first-order chi connectivity index (χ1) is 10.1. The molecule has 0 saturated carbocycles. The van der Waals surface area contributed by atoms with Gasteiger partial charge in [-0.05, 0) is 37.2 Å². The van der Waals surface area contributed by atoms with Crippen LogP contribution in [0.3, 0.4) is 0 Å². The van der Waals surface area contributed by atoms with E-state index in [2.05, 4.69) is 9.88 Å². The summed E-state index contributed by atoms with van der Waals surface area (Å²) in [7, 11) is -3.59. The zero-order chi connectivity index (χ0) is 15.1. The lowest BCUT2D eigenvalue weighted by Crippen LogP contribution is -2.22. The first-order valence-corrected chi connectivity index (χ1v) is 7.92. The van der Waals surface area contributed by atoms with Crippen molar-refractivity contribution in [2.75, 3.05) is 13.2 Å². The van der Waals surface area contributed by atoms with Crippen LogP contribution in [0.15, 0.2) is 45.9 Å². The van der Waals surface area contributed by atoms with Crippen LogP contribution in [0.4, 0.5) is 0 Å². The van der Waals surface area contributed by atoms with Gasteiger partial charge in [0.05, 0.1) is 24.2 Å². The number of sulfonamides is 1. The Kier molecular flexibility index (Phi) is 5.32. The molecular formula is C13H17N3O4S. The molecule has 21 heavy (non-hydrogen) atoms. The molecule has 0 saturated heterocycles. The molecule has 0 atom stereocenters. The summed E-state index contributed by atoms with van der Waals surface area (Å²) in [5, 5.41) is 3.51. The number of nitrogens with zero attached hydrogens (tertiary/aromatic N) is 1. The maximum atomic E-state index is 12.1. The third-order valence-electron chi connectivity index (χ3n) is 2.68. The molecule has 1 heterocycles. The van der Waals surface area contributed by atoms with E-state index in [1.807, 2.05) is 0 Å². The first kappa shape index (κ1) is 15.5. The molecular weight excluding hydrogens is 294 g/mol. The van der Waals surface area contributed by atoms with E-state index in [1.165, 1.54) is 18.3 Å². The second kappa shape index (κ2) is 7.21. The minimum atomic E-state index is -3.59. The minimum Gasteiger partial charge on any atom is -0.494 e. The Morgan fingerprint density at radius 3 is 2.62 bits per heavy atom. The maximum Gasteiger partial charge on any atom is 0.240 e. The molecule has 0 aliphatic heterocycles. The van der Waals surface area contributed by atoms with Gasteiger partial charge in [-0.1, -0.05) is 5.16 Å². The van der Waals surface area contributed by atoms with Crippen molar-refractivity contribution in [3.05, 3.63) is 42.3 Å². The van der Waals surface area contributed by atoms with Crippen molar-refractivity contribution >= 4 is 10.0 Å². The predicted octanol–water partition coefficient (Wildman–Crippen LogP) is 0.881. The van der Waals surface area contributed by atoms with Gasteiger partial charge in [-0.15, -0.1) is 0 Å². The van der Waals surface area contributed by atoms with Crippen LogP contribution >= 0.6 is 0 Å². The van der Waals surface area contributed by atoms with Gasteiger partial charge in [-0.2, -0.15) is 0 Å². The maximum absolute atomic E-state index is 12.1. The van der Waals surface area contributed by atoms with Crippen molar-refractivity contribution in [1.29, 1.82) is 0 Å². The van der Waals surface area contributed by atoms with E-state index in [1.54, 1.807) is 18.2 Å². The lowest BCUT2D eigenvalue weighted by atomic mass is 10.3. The topological polar surface area (TPSA) is 107 Å². The molecule has 1 aromatic heterocycles. The molecule has 7 nitrogen and oxygen atoms in total. The van der Waals surface area contributed by atoms with Gasteiger partial charge in [0.25, 0.3) is 0 Å². The Morgan fingerprint density at radius 2 is 2.00 bits per heavy atom. The highest BCUT2D eigenvalue weighted by Gasteiger charge is 2.14. The van der Waals surface area contributed by atoms with Crippen LogP contribution in [0.2, 0.25) is 0 Å². The van der Waals surface area contributed by atoms with Crippen molar-refractivity contribution in [3.63, 3.8) is 0 Å². The largest absolute Gasteiger partial charge is 0.494 e. The van der Waals surface area contributed by atoms with Crippen LogP contribution in [0, 0.1) is 0 Å². The van der Waals surface area contributed by atoms with Gasteiger partial charge >= 0.3 is 0 Å². The molecule has 0 spiro atoms. The zero-order valence-corrected chi connectivity index (χ0v) is 12.2. The molecule has 0 bridgehead atoms. The number of aromatic nitrogens is 1. The monoisotopic (exact) mass is 311 g/mol. The van der Waals surface area contributed by atoms with E-state index in [0.717, 1.165) is 6.42 Å². The molecule has 0 amide bonds. The highest BCUT2D eigenvalue weighted by Crippen LogP contribution is 2.16. The average Bonchev–Trinajstić information content (AvgIpc) is 3.00. The zero-order valence-electron chi connectivity index (χ0n) is 11.4. The number of benzene rings is 1. The number of nitrogens with two attached hydrogens (primary N) is 1. The number of rotatable bonds is 8. The lowest BCUT2D eigenvalue weighted by Gasteiger charge is -2.08. The third kappa shape index (κ3) is 4.55. The highest BCUT2D eigenvalue weighted by atomic mass is 32.2. The molecule has 0 aliphatic carbocycles. The lowest BCUT2D eigenvalue weighted by molar-refractivity contribution is 0.313. The van der Waals surface area contributed by atoms with Gasteiger partial charge in [-0.3, -0.25) is 0 Å². The third-order valence-corrected chi connectivity index (χ3v) is 4.10. The van der Waals surface area contributed by atoms with Crippen LogP contribution < -0.4 is 15.2 Å². The molecule has 0 fully saturated rings. The fourth-order valence-corrected chi connectivity index (χ4v) is 2.56. The summed E-state index contributed by atoms with van der Waals surface area (Å²) in [4.78, 5) is 0.160. The second-order valence-corrected chi connectivity index (χ2v) is 6.03. The smallest absolute Gasteiger partial charge is 0.240 e. The SMILES string of the molecule is NCCCOc1ccc(S(=O)(=O)NCc2ccno2)cc1. The van der Waals surface area contributed by atoms with E-state index >= 15 is 0 Å². The summed E-state index contributed by atoms with van der Waals surface area (Å²) < 4.78 is 36.8. The molecule has 8 heteroatoms. The van der Waals surface area contributed by atoms with Gasteiger partial charge < -0.3 is 15.0 Å². The number of nitrogens with one attached hydrogen (secondary N) is 1. The molecule has 0 unspecified atom stereocenters. The summed E-state index contributed by atoms with van der Waals surface area (Å²) in [6.45, 7) is 1.11. The Hall–Kier alpha value is -1.90. The van der Waals surface area contributed by atoms with E-state index in [0.29, 0.717) is 24.7 Å². The van der Waals surface area contributed by atoms with Gasteiger partial charge in [0.2, 0.25) is 10.0 Å². The predicted molar refractivity (Wildman–Crippen MR) is 76.1 cm³/mol. The standard InChI is InChI=1S/C13H17N3O4S/c14-7-1-9-19-11-2-4-13(5-3-11)21(17,18)16-10-12-6-8-15-20-12/h2-6,8,16H,1,7,9-10,14H2. The summed E-state index contributed by atoms with van der Waals surface area (Å²) >= 11 is 0. The Labute approximate surface area is 123 Å². The Bertz CT molecular complexity index is 639. The van der Waals surface area contributed by atoms with Crippen LogP contribution in [0.1, 0.15) is 12.2 Å². The Morgan fingerprint density at radius 1 is 1.24 bits per heavy atom. The van der Waals surface area contributed by atoms with Crippen LogP contribution in [-0.4, -0.2) is 26.7 Å². The number of hydrogen-bond donors (Lipinski definition) is 2. The second-order valence-electron chi connectivity index (χ2n) is 4.27. The average molecular weight is 311 g/mol. The first-order valence-electron chi connectivity index (χ1n) is 6.44. The molecule has 2 rings (SSSR count). The molecule has 3 N–H and O–H groups in total. The molecule has 0 radical (unpaired) electrons. The number of hydrogen-bond acceptors (Lipinski definition) is 6. The van der Waals surface area contributed by atoms with Gasteiger partial charge in [0.1, 0.15) is 5.75 Å².